The largest absolute Gasteiger partial charge is 0.454 e. The first kappa shape index (κ1) is 12.7. The van der Waals surface area contributed by atoms with Gasteiger partial charge in [-0.2, -0.15) is 0 Å². The summed E-state index contributed by atoms with van der Waals surface area (Å²) in [6.07, 6.45) is 3.21. The predicted molar refractivity (Wildman–Crippen MR) is 78.3 cm³/mol. The Bertz CT molecular complexity index is 614. The van der Waals surface area contributed by atoms with E-state index in [4.69, 9.17) is 4.74 Å². The van der Waals surface area contributed by atoms with Gasteiger partial charge in [0, 0.05) is 18.4 Å². The number of esters is 1. The maximum Gasteiger partial charge on any atom is 0.334 e. The molecule has 2 heteroatoms. The van der Waals surface area contributed by atoms with Gasteiger partial charge in [-0.05, 0) is 17.2 Å². The topological polar surface area (TPSA) is 26.3 Å². The summed E-state index contributed by atoms with van der Waals surface area (Å²) in [6, 6.07) is 20.1. The molecule has 0 saturated carbocycles. The molecule has 3 rings (SSSR count). The average molecular weight is 264 g/mol. The molecule has 0 N–H and O–H groups in total. The highest BCUT2D eigenvalue weighted by molar-refractivity contribution is 5.91. The zero-order valence-electron chi connectivity index (χ0n) is 11.2. The lowest BCUT2D eigenvalue weighted by atomic mass is 10.0. The molecule has 2 nitrogen and oxygen atoms in total. The van der Waals surface area contributed by atoms with E-state index in [1.165, 1.54) is 5.56 Å². The Kier molecular flexibility index (Phi) is 3.64. The van der Waals surface area contributed by atoms with Crippen LogP contribution in [0.15, 0.2) is 72.3 Å². The van der Waals surface area contributed by atoms with Crippen LogP contribution < -0.4 is 0 Å². The number of cyclic esters (lactones) is 1. The molecule has 0 aliphatic carbocycles. The van der Waals surface area contributed by atoms with Gasteiger partial charge in [-0.3, -0.25) is 0 Å². The molecule has 0 amide bonds. The molecule has 1 heterocycles. The fraction of sp³-hybridized carbons (Fsp3) is 0.167. The lowest BCUT2D eigenvalue weighted by Gasteiger charge is -2.07. The van der Waals surface area contributed by atoms with Crippen molar-refractivity contribution in [2.45, 2.75) is 18.9 Å². The van der Waals surface area contributed by atoms with E-state index in [2.05, 4.69) is 12.1 Å². The fourth-order valence-corrected chi connectivity index (χ4v) is 2.43. The highest BCUT2D eigenvalue weighted by Crippen LogP contribution is 2.21. The van der Waals surface area contributed by atoms with Crippen LogP contribution in [0.5, 0.6) is 0 Å². The SMILES string of the molecule is O=C1OC(Cc2ccccc2)C=C1Cc1ccccc1. The quantitative estimate of drug-likeness (QED) is 0.792. The highest BCUT2D eigenvalue weighted by atomic mass is 16.5. The van der Waals surface area contributed by atoms with Gasteiger partial charge in [-0.15, -0.1) is 0 Å². The first-order valence-corrected chi connectivity index (χ1v) is 6.81. The Morgan fingerprint density at radius 3 is 2.10 bits per heavy atom. The Labute approximate surface area is 118 Å². The van der Waals surface area contributed by atoms with Gasteiger partial charge in [0.25, 0.3) is 0 Å². The smallest absolute Gasteiger partial charge is 0.334 e. The maximum absolute atomic E-state index is 11.9. The second-order valence-corrected chi connectivity index (χ2v) is 4.99. The van der Waals surface area contributed by atoms with E-state index in [0.717, 1.165) is 17.6 Å². The number of benzene rings is 2. The van der Waals surface area contributed by atoms with E-state index < -0.39 is 0 Å². The van der Waals surface area contributed by atoms with Crippen LogP contribution in [-0.2, 0) is 22.4 Å². The van der Waals surface area contributed by atoms with Gasteiger partial charge in [0.2, 0.25) is 0 Å². The summed E-state index contributed by atoms with van der Waals surface area (Å²) in [7, 11) is 0. The summed E-state index contributed by atoms with van der Waals surface area (Å²) < 4.78 is 5.42. The van der Waals surface area contributed by atoms with E-state index in [1.54, 1.807) is 0 Å². The van der Waals surface area contributed by atoms with Crippen molar-refractivity contribution in [1.82, 2.24) is 0 Å². The second kappa shape index (κ2) is 5.74. The van der Waals surface area contributed by atoms with Crippen molar-refractivity contribution in [2.24, 2.45) is 0 Å². The van der Waals surface area contributed by atoms with Gasteiger partial charge in [-0.1, -0.05) is 60.7 Å². The van der Waals surface area contributed by atoms with Crippen LogP contribution in [0.3, 0.4) is 0 Å². The summed E-state index contributed by atoms with van der Waals surface area (Å²) in [5, 5.41) is 0. The second-order valence-electron chi connectivity index (χ2n) is 4.99. The van der Waals surface area contributed by atoms with Crippen LogP contribution in [0.4, 0.5) is 0 Å². The van der Waals surface area contributed by atoms with E-state index in [0.29, 0.717) is 6.42 Å². The van der Waals surface area contributed by atoms with Crippen molar-refractivity contribution >= 4 is 5.97 Å². The van der Waals surface area contributed by atoms with Crippen LogP contribution in [0.1, 0.15) is 11.1 Å². The standard InChI is InChI=1S/C18H16O2/c19-18-16(11-14-7-3-1-4-8-14)13-17(20-18)12-15-9-5-2-6-10-15/h1-10,13,17H,11-12H2. The van der Waals surface area contributed by atoms with Crippen molar-refractivity contribution in [2.75, 3.05) is 0 Å². The number of ether oxygens (including phenoxy) is 1. The third kappa shape index (κ3) is 2.97. The number of carbonyl (C=O) groups excluding carboxylic acids is 1. The van der Waals surface area contributed by atoms with Gasteiger partial charge < -0.3 is 4.74 Å². The summed E-state index contributed by atoms with van der Waals surface area (Å²) in [5.74, 6) is -0.185. The molecule has 0 bridgehead atoms. The lowest BCUT2D eigenvalue weighted by Crippen LogP contribution is -2.11. The normalized spacial score (nSPS) is 17.7. The average Bonchev–Trinajstić information content (AvgIpc) is 2.81. The Hall–Kier alpha value is -2.35. The minimum Gasteiger partial charge on any atom is -0.454 e. The zero-order chi connectivity index (χ0) is 13.8. The van der Waals surface area contributed by atoms with Crippen molar-refractivity contribution in [3.8, 4) is 0 Å². The Morgan fingerprint density at radius 1 is 0.850 bits per heavy atom. The first-order valence-electron chi connectivity index (χ1n) is 6.81. The highest BCUT2D eigenvalue weighted by Gasteiger charge is 2.25. The molecule has 2 aromatic carbocycles. The number of carbonyl (C=O) groups is 1. The minimum atomic E-state index is -0.185. The van der Waals surface area contributed by atoms with Gasteiger partial charge in [0.05, 0.1) is 0 Å². The lowest BCUT2D eigenvalue weighted by molar-refractivity contribution is -0.139. The van der Waals surface area contributed by atoms with Crippen LogP contribution in [0, 0.1) is 0 Å². The monoisotopic (exact) mass is 264 g/mol. The zero-order valence-corrected chi connectivity index (χ0v) is 11.2. The summed E-state index contributed by atoms with van der Waals surface area (Å²) >= 11 is 0. The molecule has 20 heavy (non-hydrogen) atoms. The fourth-order valence-electron chi connectivity index (χ4n) is 2.43. The van der Waals surface area contributed by atoms with Crippen molar-refractivity contribution < 1.29 is 9.53 Å². The molecule has 1 unspecified atom stereocenters. The molecular formula is C18H16O2. The Balaban J connectivity index is 1.69. The molecular weight excluding hydrogens is 248 g/mol. The van der Waals surface area contributed by atoms with Gasteiger partial charge >= 0.3 is 5.97 Å². The molecule has 0 saturated heterocycles. The molecule has 0 fully saturated rings. The number of hydrogen-bond acceptors (Lipinski definition) is 2. The third-order valence-corrected chi connectivity index (χ3v) is 3.42. The van der Waals surface area contributed by atoms with E-state index in [9.17, 15) is 4.79 Å². The summed E-state index contributed by atoms with van der Waals surface area (Å²) in [4.78, 5) is 11.9. The maximum atomic E-state index is 11.9. The number of rotatable bonds is 4. The Morgan fingerprint density at radius 2 is 1.45 bits per heavy atom. The third-order valence-electron chi connectivity index (χ3n) is 3.42. The molecule has 1 aliphatic heterocycles. The van der Waals surface area contributed by atoms with Crippen LogP contribution in [0.25, 0.3) is 0 Å². The molecule has 100 valence electrons. The van der Waals surface area contributed by atoms with E-state index in [-0.39, 0.29) is 12.1 Å². The summed E-state index contributed by atoms with van der Waals surface area (Å²) in [5.41, 5.74) is 3.08. The predicted octanol–water partition coefficient (Wildman–Crippen LogP) is 3.32. The van der Waals surface area contributed by atoms with Gasteiger partial charge in [0.1, 0.15) is 6.10 Å². The first-order chi connectivity index (χ1) is 9.81. The molecule has 1 atom stereocenters. The van der Waals surface area contributed by atoms with Crippen LogP contribution >= 0.6 is 0 Å². The molecule has 2 aromatic rings. The number of hydrogen-bond donors (Lipinski definition) is 0. The van der Waals surface area contributed by atoms with Crippen molar-refractivity contribution in [1.29, 1.82) is 0 Å². The minimum absolute atomic E-state index is 0.136. The van der Waals surface area contributed by atoms with Crippen LogP contribution in [0.2, 0.25) is 0 Å². The molecule has 0 radical (unpaired) electrons. The molecule has 0 aromatic heterocycles. The van der Waals surface area contributed by atoms with Gasteiger partial charge in [-0.25, -0.2) is 4.79 Å². The van der Waals surface area contributed by atoms with Crippen molar-refractivity contribution in [3.63, 3.8) is 0 Å². The van der Waals surface area contributed by atoms with Crippen LogP contribution in [-0.4, -0.2) is 12.1 Å². The van der Waals surface area contributed by atoms with Crippen molar-refractivity contribution in [3.05, 3.63) is 83.4 Å². The van der Waals surface area contributed by atoms with E-state index >= 15 is 0 Å². The molecule has 1 aliphatic rings. The van der Waals surface area contributed by atoms with Gasteiger partial charge in [0.15, 0.2) is 0 Å². The molecule has 0 spiro atoms. The summed E-state index contributed by atoms with van der Waals surface area (Å²) in [6.45, 7) is 0. The van der Waals surface area contributed by atoms with E-state index in [1.807, 2.05) is 54.6 Å².